The lowest BCUT2D eigenvalue weighted by Gasteiger charge is -2.33. The highest BCUT2D eigenvalue weighted by Crippen LogP contribution is 2.33. The third kappa shape index (κ3) is 7.53. The highest BCUT2D eigenvalue weighted by molar-refractivity contribution is 6.33. The van der Waals surface area contributed by atoms with Gasteiger partial charge >= 0.3 is 0 Å². The van der Waals surface area contributed by atoms with Crippen LogP contribution in [0.5, 0.6) is 0 Å². The van der Waals surface area contributed by atoms with Crippen LogP contribution >= 0.6 is 11.6 Å². The maximum atomic E-state index is 6.57. The maximum absolute atomic E-state index is 6.57. The van der Waals surface area contributed by atoms with Gasteiger partial charge in [-0.3, -0.25) is 4.98 Å². The van der Waals surface area contributed by atoms with Gasteiger partial charge in [-0.05, 0) is 63.0 Å². The first-order valence-corrected chi connectivity index (χ1v) is 13.3. The van der Waals surface area contributed by atoms with Crippen molar-refractivity contribution < 1.29 is 9.47 Å². The van der Waals surface area contributed by atoms with E-state index in [9.17, 15) is 0 Å². The molecular weight excluding hydrogens is 462 g/mol. The summed E-state index contributed by atoms with van der Waals surface area (Å²) in [6.45, 7) is 7.82. The quantitative estimate of drug-likeness (QED) is 0.403. The normalized spacial score (nSPS) is 23.0. The number of nitrogens with zero attached hydrogens (tertiary/aromatic N) is 2. The number of ether oxygens (including phenoxy) is 2. The fourth-order valence-electron chi connectivity index (χ4n) is 5.09. The highest BCUT2D eigenvalue weighted by Gasteiger charge is 2.27. The van der Waals surface area contributed by atoms with Gasteiger partial charge in [-0.25, -0.2) is 4.98 Å². The van der Waals surface area contributed by atoms with E-state index in [0.29, 0.717) is 23.1 Å². The zero-order chi connectivity index (χ0) is 24.7. The standard InChI is InChI=1S/C27H40ClN5O2/c1-19(17-34-3)32-21-4-6-22(7-5-21)33-26-13-24(25(28)16-30-26)20-12-23(15-29-14-20)31-18-27(2)8-10-35-11-9-27/h12-16,19,21-22,31-32H,4-11,17-18H2,1-3H3,(H,30,33)/t19-,21-,22-/m1/s1. The van der Waals surface area contributed by atoms with Crippen LogP contribution in [-0.4, -0.2) is 61.6 Å². The molecule has 2 fully saturated rings. The van der Waals surface area contributed by atoms with E-state index < -0.39 is 0 Å². The van der Waals surface area contributed by atoms with Gasteiger partial charge in [0.2, 0.25) is 0 Å². The van der Waals surface area contributed by atoms with E-state index in [1.807, 2.05) is 18.5 Å². The first-order chi connectivity index (χ1) is 16.9. The third-order valence-electron chi connectivity index (χ3n) is 7.34. The summed E-state index contributed by atoms with van der Waals surface area (Å²) in [4.78, 5) is 9.03. The Bertz CT molecular complexity index is 945. The minimum absolute atomic E-state index is 0.246. The lowest BCUT2D eigenvalue weighted by molar-refractivity contribution is 0.0300. The van der Waals surface area contributed by atoms with Crippen molar-refractivity contribution in [3.63, 3.8) is 0 Å². The van der Waals surface area contributed by atoms with Gasteiger partial charge < -0.3 is 25.4 Å². The molecule has 1 atom stereocenters. The molecule has 0 unspecified atom stereocenters. The van der Waals surface area contributed by atoms with Gasteiger partial charge in [-0.1, -0.05) is 18.5 Å². The van der Waals surface area contributed by atoms with Crippen LogP contribution in [-0.2, 0) is 9.47 Å². The predicted molar refractivity (Wildman–Crippen MR) is 143 cm³/mol. The summed E-state index contributed by atoms with van der Waals surface area (Å²) in [5.41, 5.74) is 3.19. The number of hydrogen-bond donors (Lipinski definition) is 3. The van der Waals surface area contributed by atoms with E-state index in [1.165, 1.54) is 0 Å². The molecule has 2 aliphatic rings. The number of halogens is 1. The van der Waals surface area contributed by atoms with Crippen LogP contribution in [0, 0.1) is 5.41 Å². The summed E-state index contributed by atoms with van der Waals surface area (Å²) < 4.78 is 10.8. The van der Waals surface area contributed by atoms with E-state index in [4.69, 9.17) is 21.1 Å². The summed E-state index contributed by atoms with van der Waals surface area (Å²) in [5, 5.41) is 11.5. The van der Waals surface area contributed by atoms with Crippen LogP contribution in [0.4, 0.5) is 11.5 Å². The lowest BCUT2D eigenvalue weighted by atomic mass is 9.82. The summed E-state index contributed by atoms with van der Waals surface area (Å²) >= 11 is 6.57. The topological polar surface area (TPSA) is 80.3 Å². The SMILES string of the molecule is COC[C@@H](C)N[C@H]1CC[C@H](Nc2cc(-c3cncc(NCC4(C)CCOCC4)c3)c(Cl)cn2)CC1. The second-order valence-electron chi connectivity index (χ2n) is 10.5. The number of anilines is 2. The van der Waals surface area contributed by atoms with Gasteiger partial charge in [-0.15, -0.1) is 0 Å². The Balaban J connectivity index is 1.36. The molecule has 0 spiro atoms. The van der Waals surface area contributed by atoms with E-state index in [2.05, 4.69) is 45.8 Å². The Morgan fingerprint density at radius 3 is 2.60 bits per heavy atom. The van der Waals surface area contributed by atoms with Crippen molar-refractivity contribution in [3.05, 3.63) is 35.7 Å². The van der Waals surface area contributed by atoms with Gasteiger partial charge in [0.15, 0.2) is 0 Å². The van der Waals surface area contributed by atoms with E-state index in [-0.39, 0.29) is 5.41 Å². The highest BCUT2D eigenvalue weighted by atomic mass is 35.5. The zero-order valence-corrected chi connectivity index (χ0v) is 22.0. The van der Waals surface area contributed by atoms with E-state index in [1.54, 1.807) is 13.3 Å². The van der Waals surface area contributed by atoms with Crippen molar-refractivity contribution >= 4 is 23.1 Å². The van der Waals surface area contributed by atoms with Crippen molar-refractivity contribution in [2.75, 3.05) is 44.1 Å². The van der Waals surface area contributed by atoms with Crippen molar-refractivity contribution in [2.24, 2.45) is 5.41 Å². The fourth-order valence-corrected chi connectivity index (χ4v) is 5.31. The summed E-state index contributed by atoms with van der Waals surface area (Å²) in [7, 11) is 1.75. The second kappa shape index (κ2) is 12.3. The summed E-state index contributed by atoms with van der Waals surface area (Å²) in [5.74, 6) is 0.863. The molecule has 4 rings (SSSR count). The Labute approximate surface area is 214 Å². The van der Waals surface area contributed by atoms with Crippen molar-refractivity contribution in [1.82, 2.24) is 15.3 Å². The zero-order valence-electron chi connectivity index (χ0n) is 21.3. The second-order valence-corrected chi connectivity index (χ2v) is 10.9. The lowest BCUT2D eigenvalue weighted by Crippen LogP contribution is -2.42. The molecule has 0 bridgehead atoms. The van der Waals surface area contributed by atoms with Gasteiger partial charge in [0.1, 0.15) is 5.82 Å². The molecule has 0 radical (unpaired) electrons. The van der Waals surface area contributed by atoms with Crippen molar-refractivity contribution in [3.8, 4) is 11.1 Å². The number of aromatic nitrogens is 2. The van der Waals surface area contributed by atoms with Gasteiger partial charge in [0.25, 0.3) is 0 Å². The molecular formula is C27H40ClN5O2. The van der Waals surface area contributed by atoms with E-state index in [0.717, 1.165) is 87.5 Å². The molecule has 35 heavy (non-hydrogen) atoms. The van der Waals surface area contributed by atoms with Crippen LogP contribution in [0.25, 0.3) is 11.1 Å². The average molecular weight is 502 g/mol. The molecule has 2 aromatic rings. The molecule has 1 aliphatic carbocycles. The van der Waals surface area contributed by atoms with Gasteiger partial charge in [-0.2, -0.15) is 0 Å². The van der Waals surface area contributed by atoms with Gasteiger partial charge in [0.05, 0.1) is 17.3 Å². The number of pyridine rings is 2. The monoisotopic (exact) mass is 501 g/mol. The number of hydrogen-bond acceptors (Lipinski definition) is 7. The van der Waals surface area contributed by atoms with Crippen LogP contribution in [0.3, 0.4) is 0 Å². The first kappa shape index (κ1) is 26.1. The van der Waals surface area contributed by atoms with Crippen molar-refractivity contribution in [1.29, 1.82) is 0 Å². The molecule has 2 aromatic heterocycles. The number of rotatable bonds is 10. The molecule has 3 heterocycles. The maximum Gasteiger partial charge on any atom is 0.126 e. The van der Waals surface area contributed by atoms with Crippen LogP contribution in [0.15, 0.2) is 30.7 Å². The molecule has 1 saturated heterocycles. The minimum Gasteiger partial charge on any atom is -0.383 e. The number of nitrogens with one attached hydrogen (secondary N) is 3. The molecule has 3 N–H and O–H groups in total. The smallest absolute Gasteiger partial charge is 0.126 e. The molecule has 1 aliphatic heterocycles. The molecule has 7 nitrogen and oxygen atoms in total. The molecule has 192 valence electrons. The first-order valence-electron chi connectivity index (χ1n) is 12.9. The average Bonchev–Trinajstić information content (AvgIpc) is 2.86. The minimum atomic E-state index is 0.246. The largest absolute Gasteiger partial charge is 0.383 e. The Morgan fingerprint density at radius 2 is 1.86 bits per heavy atom. The van der Waals surface area contributed by atoms with E-state index >= 15 is 0 Å². The summed E-state index contributed by atoms with van der Waals surface area (Å²) in [6, 6.07) is 5.52. The molecule has 1 saturated carbocycles. The molecule has 8 heteroatoms. The van der Waals surface area contributed by atoms with Crippen LogP contribution < -0.4 is 16.0 Å². The fraction of sp³-hybridized carbons (Fsp3) is 0.630. The Kier molecular flexibility index (Phi) is 9.22. The number of methoxy groups -OCH3 is 1. The van der Waals surface area contributed by atoms with Crippen molar-refractivity contribution in [2.45, 2.75) is 70.5 Å². The summed E-state index contributed by atoms with van der Waals surface area (Å²) in [6.07, 6.45) is 12.1. The van der Waals surface area contributed by atoms with Crippen LogP contribution in [0.2, 0.25) is 5.02 Å². The Hall–Kier alpha value is -1.93. The predicted octanol–water partition coefficient (Wildman–Crippen LogP) is 5.37. The molecule has 0 amide bonds. The molecule has 0 aromatic carbocycles. The Morgan fingerprint density at radius 1 is 1.11 bits per heavy atom. The van der Waals surface area contributed by atoms with Crippen LogP contribution in [0.1, 0.15) is 52.4 Å². The third-order valence-corrected chi connectivity index (χ3v) is 7.64. The van der Waals surface area contributed by atoms with Gasteiger partial charge in [0, 0.05) is 74.7 Å².